The van der Waals surface area contributed by atoms with Gasteiger partial charge in [-0.3, -0.25) is 4.79 Å². The van der Waals surface area contributed by atoms with Gasteiger partial charge in [-0.2, -0.15) is 0 Å². The molecule has 3 heteroatoms. The maximum atomic E-state index is 10.7. The van der Waals surface area contributed by atoms with E-state index in [2.05, 4.69) is 4.90 Å². The van der Waals surface area contributed by atoms with Crippen molar-refractivity contribution in [3.63, 3.8) is 0 Å². The number of hydrogen-bond acceptors (Lipinski definition) is 3. The summed E-state index contributed by atoms with van der Waals surface area (Å²) >= 11 is 0. The van der Waals surface area contributed by atoms with Gasteiger partial charge in [-0.15, -0.1) is 0 Å². The summed E-state index contributed by atoms with van der Waals surface area (Å²) in [5.74, 6) is 0.714. The van der Waals surface area contributed by atoms with Gasteiger partial charge in [0.1, 0.15) is 6.61 Å². The Kier molecular flexibility index (Phi) is 1.93. The van der Waals surface area contributed by atoms with E-state index in [1.54, 1.807) is 6.07 Å². The quantitative estimate of drug-likeness (QED) is 0.606. The molecular weight excluding hydrogens is 166 g/mol. The SMILES string of the molecule is CN1CCOc2c(C=O)cccc21. The van der Waals surface area contributed by atoms with Gasteiger partial charge in [-0.05, 0) is 12.1 Å². The summed E-state index contributed by atoms with van der Waals surface area (Å²) in [6.45, 7) is 1.52. The predicted octanol–water partition coefficient (Wildman–Crippen LogP) is 1.33. The number of carbonyl (C=O) groups excluding carboxylic acids is 1. The molecule has 0 aromatic heterocycles. The number of benzene rings is 1. The van der Waals surface area contributed by atoms with E-state index in [1.165, 1.54) is 0 Å². The topological polar surface area (TPSA) is 29.5 Å². The average Bonchev–Trinajstić information content (AvgIpc) is 2.18. The maximum Gasteiger partial charge on any atom is 0.153 e. The van der Waals surface area contributed by atoms with Gasteiger partial charge in [-0.1, -0.05) is 6.07 Å². The lowest BCUT2D eigenvalue weighted by atomic mass is 10.1. The molecule has 0 saturated heterocycles. The van der Waals surface area contributed by atoms with Crippen molar-refractivity contribution in [1.29, 1.82) is 0 Å². The lowest BCUT2D eigenvalue weighted by molar-refractivity contribution is 0.111. The fourth-order valence-corrected chi connectivity index (χ4v) is 1.50. The first-order chi connectivity index (χ1) is 6.33. The lowest BCUT2D eigenvalue weighted by Crippen LogP contribution is -2.29. The average molecular weight is 177 g/mol. The zero-order valence-electron chi connectivity index (χ0n) is 7.49. The minimum Gasteiger partial charge on any atom is -0.489 e. The summed E-state index contributed by atoms with van der Waals surface area (Å²) in [4.78, 5) is 12.8. The van der Waals surface area contributed by atoms with Crippen molar-refractivity contribution < 1.29 is 9.53 Å². The molecule has 0 amide bonds. The van der Waals surface area contributed by atoms with Crippen LogP contribution in [0.15, 0.2) is 18.2 Å². The minimum absolute atomic E-state index is 0.629. The summed E-state index contributed by atoms with van der Waals surface area (Å²) in [5, 5.41) is 0. The standard InChI is InChI=1S/C10H11NO2/c1-11-5-6-13-10-8(7-12)3-2-4-9(10)11/h2-4,7H,5-6H2,1H3. The first kappa shape index (κ1) is 8.10. The lowest BCUT2D eigenvalue weighted by Gasteiger charge is -2.28. The van der Waals surface area contributed by atoms with E-state index < -0.39 is 0 Å². The van der Waals surface area contributed by atoms with E-state index in [0.29, 0.717) is 17.9 Å². The molecule has 1 aliphatic rings. The Bertz CT molecular complexity index is 336. The summed E-state index contributed by atoms with van der Waals surface area (Å²) in [6.07, 6.45) is 0.831. The van der Waals surface area contributed by atoms with Gasteiger partial charge in [0, 0.05) is 7.05 Å². The molecule has 0 bridgehead atoms. The molecule has 0 atom stereocenters. The molecule has 0 radical (unpaired) electrons. The van der Waals surface area contributed by atoms with Crippen molar-refractivity contribution in [1.82, 2.24) is 0 Å². The van der Waals surface area contributed by atoms with Crippen molar-refractivity contribution in [2.45, 2.75) is 0 Å². The number of aldehydes is 1. The molecule has 0 N–H and O–H groups in total. The van der Waals surface area contributed by atoms with Crippen LogP contribution in [0.25, 0.3) is 0 Å². The third-order valence-corrected chi connectivity index (χ3v) is 2.24. The maximum absolute atomic E-state index is 10.7. The van der Waals surface area contributed by atoms with Crippen molar-refractivity contribution in [2.24, 2.45) is 0 Å². The second kappa shape index (κ2) is 3.09. The van der Waals surface area contributed by atoms with Crippen molar-refractivity contribution in [3.05, 3.63) is 23.8 Å². The van der Waals surface area contributed by atoms with Gasteiger partial charge < -0.3 is 9.64 Å². The Morgan fingerprint density at radius 1 is 1.54 bits per heavy atom. The second-order valence-electron chi connectivity index (χ2n) is 3.08. The van der Waals surface area contributed by atoms with Gasteiger partial charge in [-0.25, -0.2) is 0 Å². The van der Waals surface area contributed by atoms with Crippen LogP contribution in [-0.4, -0.2) is 26.5 Å². The Labute approximate surface area is 76.9 Å². The fraction of sp³-hybridized carbons (Fsp3) is 0.300. The number of anilines is 1. The Balaban J connectivity index is 2.54. The van der Waals surface area contributed by atoms with Gasteiger partial charge in [0.15, 0.2) is 12.0 Å². The molecule has 68 valence electrons. The number of likely N-dealkylation sites (N-methyl/N-ethyl adjacent to an activating group) is 1. The van der Waals surface area contributed by atoms with E-state index in [1.807, 2.05) is 19.2 Å². The van der Waals surface area contributed by atoms with E-state index in [9.17, 15) is 4.79 Å². The van der Waals surface area contributed by atoms with Crippen molar-refractivity contribution >= 4 is 12.0 Å². The fourth-order valence-electron chi connectivity index (χ4n) is 1.50. The summed E-state index contributed by atoms with van der Waals surface area (Å²) in [6, 6.07) is 5.60. The van der Waals surface area contributed by atoms with E-state index in [0.717, 1.165) is 18.5 Å². The van der Waals surface area contributed by atoms with Crippen LogP contribution in [0.1, 0.15) is 10.4 Å². The molecule has 0 spiro atoms. The van der Waals surface area contributed by atoms with Crippen LogP contribution in [0.5, 0.6) is 5.75 Å². The van der Waals surface area contributed by atoms with Crippen LogP contribution < -0.4 is 9.64 Å². The number of ether oxygens (including phenoxy) is 1. The van der Waals surface area contributed by atoms with Gasteiger partial charge in [0.25, 0.3) is 0 Å². The highest BCUT2D eigenvalue weighted by atomic mass is 16.5. The van der Waals surface area contributed by atoms with Crippen LogP contribution in [0.3, 0.4) is 0 Å². The zero-order chi connectivity index (χ0) is 9.26. The monoisotopic (exact) mass is 177 g/mol. The van der Waals surface area contributed by atoms with E-state index in [4.69, 9.17) is 4.74 Å². The minimum atomic E-state index is 0.629. The first-order valence-electron chi connectivity index (χ1n) is 4.25. The Morgan fingerprint density at radius 2 is 2.38 bits per heavy atom. The van der Waals surface area contributed by atoms with E-state index >= 15 is 0 Å². The third kappa shape index (κ3) is 1.26. The number of para-hydroxylation sites is 1. The molecule has 2 rings (SSSR count). The number of hydrogen-bond donors (Lipinski definition) is 0. The normalized spacial score (nSPS) is 14.7. The number of fused-ring (bicyclic) bond motifs is 1. The smallest absolute Gasteiger partial charge is 0.153 e. The highest BCUT2D eigenvalue weighted by Gasteiger charge is 2.17. The molecule has 3 nitrogen and oxygen atoms in total. The molecular formula is C10H11NO2. The van der Waals surface area contributed by atoms with Gasteiger partial charge in [0.05, 0.1) is 17.8 Å². The highest BCUT2D eigenvalue weighted by molar-refractivity contribution is 5.84. The van der Waals surface area contributed by atoms with Crippen LogP contribution >= 0.6 is 0 Å². The Morgan fingerprint density at radius 3 is 3.15 bits per heavy atom. The largest absolute Gasteiger partial charge is 0.489 e. The molecule has 0 aliphatic carbocycles. The van der Waals surface area contributed by atoms with Gasteiger partial charge >= 0.3 is 0 Å². The summed E-state index contributed by atoms with van der Waals surface area (Å²) in [5.41, 5.74) is 1.62. The second-order valence-corrected chi connectivity index (χ2v) is 3.08. The van der Waals surface area contributed by atoms with Gasteiger partial charge in [0.2, 0.25) is 0 Å². The first-order valence-corrected chi connectivity index (χ1v) is 4.25. The molecule has 13 heavy (non-hydrogen) atoms. The van der Waals surface area contributed by atoms with E-state index in [-0.39, 0.29) is 0 Å². The van der Waals surface area contributed by atoms with Crippen molar-refractivity contribution in [2.75, 3.05) is 25.1 Å². The highest BCUT2D eigenvalue weighted by Crippen LogP contribution is 2.32. The number of nitrogens with zero attached hydrogens (tertiary/aromatic N) is 1. The van der Waals surface area contributed by atoms with Crippen molar-refractivity contribution in [3.8, 4) is 5.75 Å². The molecule has 0 fully saturated rings. The third-order valence-electron chi connectivity index (χ3n) is 2.24. The van der Waals surface area contributed by atoms with Crippen LogP contribution in [0, 0.1) is 0 Å². The number of rotatable bonds is 1. The zero-order valence-corrected chi connectivity index (χ0v) is 7.49. The molecule has 1 aromatic rings. The Hall–Kier alpha value is -1.51. The summed E-state index contributed by atoms with van der Waals surface area (Å²) < 4.78 is 5.44. The summed E-state index contributed by atoms with van der Waals surface area (Å²) in [7, 11) is 2.00. The molecule has 0 saturated carbocycles. The van der Waals surface area contributed by atoms with Crippen LogP contribution in [0.4, 0.5) is 5.69 Å². The molecule has 1 aromatic carbocycles. The molecule has 0 unspecified atom stereocenters. The van der Waals surface area contributed by atoms with Crippen LogP contribution in [0.2, 0.25) is 0 Å². The molecule has 1 aliphatic heterocycles. The molecule has 1 heterocycles. The predicted molar refractivity (Wildman–Crippen MR) is 50.6 cm³/mol. The number of carbonyl (C=O) groups is 1. The van der Waals surface area contributed by atoms with Crippen LogP contribution in [-0.2, 0) is 0 Å².